The van der Waals surface area contributed by atoms with Crippen LogP contribution in [-0.4, -0.2) is 33.3 Å². The summed E-state index contributed by atoms with van der Waals surface area (Å²) in [5.74, 6) is -0.997. The van der Waals surface area contributed by atoms with Crippen molar-refractivity contribution >= 4 is 12.0 Å². The Balaban J connectivity index is 1.78. The maximum absolute atomic E-state index is 11.6. The van der Waals surface area contributed by atoms with Gasteiger partial charge in [0.2, 0.25) is 6.39 Å². The number of amides is 2. The first-order valence-electron chi connectivity index (χ1n) is 5.69. The molecule has 1 aromatic rings. The van der Waals surface area contributed by atoms with E-state index in [9.17, 15) is 9.59 Å². The van der Waals surface area contributed by atoms with E-state index in [0.29, 0.717) is 18.7 Å². The van der Waals surface area contributed by atoms with Crippen molar-refractivity contribution in [1.29, 1.82) is 0 Å². The van der Waals surface area contributed by atoms with E-state index in [1.807, 2.05) is 0 Å². The van der Waals surface area contributed by atoms with Gasteiger partial charge in [-0.05, 0) is 12.8 Å². The van der Waals surface area contributed by atoms with Crippen molar-refractivity contribution in [1.82, 2.24) is 20.8 Å². The number of nitrogens with zero attached hydrogens (tertiary/aromatic N) is 2. The Labute approximate surface area is 103 Å². The third kappa shape index (κ3) is 2.96. The van der Waals surface area contributed by atoms with Crippen LogP contribution in [0.1, 0.15) is 25.1 Å². The Kier molecular flexibility index (Phi) is 3.75. The van der Waals surface area contributed by atoms with Crippen molar-refractivity contribution in [3.05, 3.63) is 12.2 Å². The van der Waals surface area contributed by atoms with Gasteiger partial charge in [0.05, 0.1) is 12.5 Å². The lowest BCUT2D eigenvalue weighted by atomic mass is 10.0. The second-order valence-corrected chi connectivity index (χ2v) is 4.16. The van der Waals surface area contributed by atoms with E-state index in [-0.39, 0.29) is 12.6 Å². The van der Waals surface area contributed by atoms with Gasteiger partial charge in [-0.3, -0.25) is 4.79 Å². The topological polar surface area (TPSA) is 117 Å². The summed E-state index contributed by atoms with van der Waals surface area (Å²) in [6.07, 6.45) is 3.27. The highest BCUT2D eigenvalue weighted by Gasteiger charge is 2.33. The highest BCUT2D eigenvalue weighted by Crippen LogP contribution is 2.25. The van der Waals surface area contributed by atoms with E-state index in [0.717, 1.165) is 6.42 Å². The number of carbonyl (C=O) groups is 2. The summed E-state index contributed by atoms with van der Waals surface area (Å²) < 4.78 is 4.52. The third-order valence-corrected chi connectivity index (χ3v) is 2.96. The van der Waals surface area contributed by atoms with Crippen LogP contribution >= 0.6 is 0 Å². The highest BCUT2D eigenvalue weighted by molar-refractivity contribution is 5.76. The van der Waals surface area contributed by atoms with Gasteiger partial charge >= 0.3 is 12.0 Å². The number of urea groups is 1. The molecule has 8 heteroatoms. The van der Waals surface area contributed by atoms with E-state index >= 15 is 0 Å². The highest BCUT2D eigenvalue weighted by atomic mass is 16.5. The molecule has 98 valence electrons. The Bertz CT molecular complexity index is 420. The van der Waals surface area contributed by atoms with Gasteiger partial charge in [0, 0.05) is 6.04 Å². The summed E-state index contributed by atoms with van der Waals surface area (Å²) in [4.78, 5) is 26.2. The van der Waals surface area contributed by atoms with Crippen molar-refractivity contribution in [2.75, 3.05) is 0 Å². The monoisotopic (exact) mass is 254 g/mol. The van der Waals surface area contributed by atoms with Crippen LogP contribution in [0.25, 0.3) is 0 Å². The van der Waals surface area contributed by atoms with Crippen molar-refractivity contribution in [3.8, 4) is 0 Å². The van der Waals surface area contributed by atoms with E-state index in [1.165, 1.54) is 6.39 Å². The van der Waals surface area contributed by atoms with Crippen LogP contribution in [0.4, 0.5) is 4.79 Å². The maximum Gasteiger partial charge on any atom is 0.315 e. The summed E-state index contributed by atoms with van der Waals surface area (Å²) in [5, 5.41) is 17.7. The lowest BCUT2D eigenvalue weighted by Gasteiger charge is -2.17. The SMILES string of the molecule is O=C(NCc1ncon1)NC1CCCC1C(=O)O. The van der Waals surface area contributed by atoms with E-state index < -0.39 is 17.9 Å². The molecule has 8 nitrogen and oxygen atoms in total. The lowest BCUT2D eigenvalue weighted by Crippen LogP contribution is -2.45. The molecule has 0 bridgehead atoms. The molecule has 1 aliphatic rings. The predicted molar refractivity (Wildman–Crippen MR) is 58.4 cm³/mol. The normalized spacial score (nSPS) is 22.7. The number of carboxylic acid groups (broad SMARTS) is 1. The molecule has 0 aliphatic heterocycles. The molecule has 1 aliphatic carbocycles. The molecule has 2 rings (SSSR count). The van der Waals surface area contributed by atoms with Gasteiger partial charge in [0.25, 0.3) is 0 Å². The largest absolute Gasteiger partial charge is 0.481 e. The molecule has 2 atom stereocenters. The molecule has 0 aromatic carbocycles. The molecular weight excluding hydrogens is 240 g/mol. The van der Waals surface area contributed by atoms with Crippen LogP contribution < -0.4 is 10.6 Å². The Morgan fingerprint density at radius 2 is 2.33 bits per heavy atom. The van der Waals surface area contributed by atoms with Gasteiger partial charge < -0.3 is 20.3 Å². The van der Waals surface area contributed by atoms with Gasteiger partial charge in [-0.25, -0.2) is 4.79 Å². The first-order valence-corrected chi connectivity index (χ1v) is 5.69. The van der Waals surface area contributed by atoms with Gasteiger partial charge in [-0.15, -0.1) is 0 Å². The molecule has 2 amide bonds. The Hall–Kier alpha value is -2.12. The second kappa shape index (κ2) is 5.48. The first-order chi connectivity index (χ1) is 8.66. The molecule has 1 saturated carbocycles. The smallest absolute Gasteiger partial charge is 0.315 e. The van der Waals surface area contributed by atoms with E-state index in [1.54, 1.807) is 0 Å². The summed E-state index contributed by atoms with van der Waals surface area (Å²) in [6.45, 7) is 0.146. The molecule has 0 radical (unpaired) electrons. The standard InChI is InChI=1S/C10H14N4O4/c15-9(16)6-2-1-3-7(6)13-10(17)11-4-8-12-5-18-14-8/h5-7H,1-4H2,(H,15,16)(H2,11,13,17). The van der Waals surface area contributed by atoms with Crippen molar-refractivity contribution < 1.29 is 19.2 Å². The van der Waals surface area contributed by atoms with Crippen molar-refractivity contribution in [2.24, 2.45) is 5.92 Å². The molecular formula is C10H14N4O4. The summed E-state index contributed by atoms with van der Waals surface area (Å²) in [6, 6.07) is -0.731. The zero-order valence-electron chi connectivity index (χ0n) is 9.63. The van der Waals surface area contributed by atoms with Gasteiger partial charge in [0.1, 0.15) is 0 Å². The number of aromatic nitrogens is 2. The fraction of sp³-hybridized carbons (Fsp3) is 0.600. The number of carbonyl (C=O) groups excluding carboxylic acids is 1. The van der Waals surface area contributed by atoms with Gasteiger partial charge in [-0.2, -0.15) is 4.98 Å². The molecule has 1 fully saturated rings. The number of rotatable bonds is 4. The zero-order chi connectivity index (χ0) is 13.0. The summed E-state index contributed by atoms with van der Waals surface area (Å²) in [5.41, 5.74) is 0. The van der Waals surface area contributed by atoms with Crippen LogP contribution in [-0.2, 0) is 11.3 Å². The van der Waals surface area contributed by atoms with Crippen molar-refractivity contribution in [2.45, 2.75) is 31.8 Å². The zero-order valence-corrected chi connectivity index (χ0v) is 9.63. The average Bonchev–Trinajstić information content (AvgIpc) is 2.96. The number of aliphatic carboxylic acids is 1. The van der Waals surface area contributed by atoms with E-state index in [2.05, 4.69) is 25.3 Å². The quantitative estimate of drug-likeness (QED) is 0.702. The molecule has 3 N–H and O–H groups in total. The average molecular weight is 254 g/mol. The van der Waals surface area contributed by atoms with Crippen molar-refractivity contribution in [3.63, 3.8) is 0 Å². The molecule has 18 heavy (non-hydrogen) atoms. The number of nitrogens with one attached hydrogen (secondary N) is 2. The number of hydrogen-bond donors (Lipinski definition) is 3. The van der Waals surface area contributed by atoms with Crippen LogP contribution in [0, 0.1) is 5.92 Å². The molecule has 0 spiro atoms. The van der Waals surface area contributed by atoms with E-state index in [4.69, 9.17) is 5.11 Å². The number of carboxylic acids is 1. The van der Waals surface area contributed by atoms with Gasteiger partial charge in [-0.1, -0.05) is 11.6 Å². The maximum atomic E-state index is 11.6. The molecule has 2 unspecified atom stereocenters. The minimum absolute atomic E-state index is 0.146. The second-order valence-electron chi connectivity index (χ2n) is 4.16. The van der Waals surface area contributed by atoms with Crippen LogP contribution in [0.5, 0.6) is 0 Å². The predicted octanol–water partition coefficient (Wildman–Crippen LogP) is 0.122. The molecule has 1 heterocycles. The fourth-order valence-corrected chi connectivity index (χ4v) is 2.08. The van der Waals surface area contributed by atoms with Gasteiger partial charge in [0.15, 0.2) is 5.82 Å². The third-order valence-electron chi connectivity index (χ3n) is 2.96. The minimum atomic E-state index is -0.865. The minimum Gasteiger partial charge on any atom is -0.481 e. The lowest BCUT2D eigenvalue weighted by molar-refractivity contribution is -0.142. The van der Waals surface area contributed by atoms with Crippen LogP contribution in [0.15, 0.2) is 10.9 Å². The summed E-state index contributed by atoms with van der Waals surface area (Å²) in [7, 11) is 0. The van der Waals surface area contributed by atoms with Crippen LogP contribution in [0.3, 0.4) is 0 Å². The summed E-state index contributed by atoms with van der Waals surface area (Å²) >= 11 is 0. The fourth-order valence-electron chi connectivity index (χ4n) is 2.08. The molecule has 0 saturated heterocycles. The first kappa shape index (κ1) is 12.3. The number of hydrogen-bond acceptors (Lipinski definition) is 5. The molecule has 1 aromatic heterocycles. The van der Waals surface area contributed by atoms with Crippen LogP contribution in [0.2, 0.25) is 0 Å². The Morgan fingerprint density at radius 3 is 3.00 bits per heavy atom. The Morgan fingerprint density at radius 1 is 1.50 bits per heavy atom.